The first-order valence-electron chi connectivity index (χ1n) is 7.42. The Kier molecular flexibility index (Phi) is 5.43. The first-order chi connectivity index (χ1) is 11.3. The molecule has 0 amide bonds. The second-order valence-corrected chi connectivity index (χ2v) is 6.71. The Bertz CT molecular complexity index is 741. The van der Waals surface area contributed by atoms with Gasteiger partial charge in [0, 0.05) is 23.4 Å². The van der Waals surface area contributed by atoms with Gasteiger partial charge >= 0.3 is 0 Å². The zero-order valence-electron chi connectivity index (χ0n) is 13.0. The first kappa shape index (κ1) is 16.2. The molecule has 0 N–H and O–H groups in total. The number of nitrogens with zero attached hydrogens (tertiary/aromatic N) is 4. The van der Waals surface area contributed by atoms with Gasteiger partial charge in [-0.2, -0.15) is 0 Å². The van der Waals surface area contributed by atoms with Gasteiger partial charge in [-0.1, -0.05) is 30.0 Å². The summed E-state index contributed by atoms with van der Waals surface area (Å²) in [6, 6.07) is 10.1. The number of ether oxygens (including phenoxy) is 1. The van der Waals surface area contributed by atoms with Crippen molar-refractivity contribution in [1.82, 2.24) is 19.7 Å². The van der Waals surface area contributed by atoms with E-state index in [1.165, 1.54) is 0 Å². The molecule has 0 spiro atoms. The van der Waals surface area contributed by atoms with Crippen molar-refractivity contribution in [3.63, 3.8) is 0 Å². The number of thiazole rings is 1. The molecule has 0 saturated heterocycles. The van der Waals surface area contributed by atoms with Crippen molar-refractivity contribution in [3.05, 3.63) is 52.7 Å². The van der Waals surface area contributed by atoms with Crippen molar-refractivity contribution in [1.29, 1.82) is 0 Å². The van der Waals surface area contributed by atoms with Gasteiger partial charge in [-0.15, -0.1) is 21.5 Å². The Balaban J connectivity index is 1.67. The topological polar surface area (TPSA) is 52.8 Å². The number of aromatic nitrogens is 4. The van der Waals surface area contributed by atoms with Gasteiger partial charge in [-0.3, -0.25) is 4.57 Å². The lowest BCUT2D eigenvalue weighted by Gasteiger charge is -2.07. The van der Waals surface area contributed by atoms with Crippen LogP contribution in [0.2, 0.25) is 0 Å². The van der Waals surface area contributed by atoms with Gasteiger partial charge in [0.05, 0.1) is 5.69 Å². The fourth-order valence-corrected chi connectivity index (χ4v) is 3.87. The number of para-hydroxylation sites is 1. The molecule has 0 fully saturated rings. The van der Waals surface area contributed by atoms with E-state index in [2.05, 4.69) is 20.6 Å². The van der Waals surface area contributed by atoms with Gasteiger partial charge < -0.3 is 4.74 Å². The molecule has 120 valence electrons. The summed E-state index contributed by atoms with van der Waals surface area (Å²) in [6.45, 7) is 4.73. The Morgan fingerprint density at radius 1 is 1.30 bits per heavy atom. The van der Waals surface area contributed by atoms with Gasteiger partial charge in [0.25, 0.3) is 0 Å². The number of hydrogen-bond donors (Lipinski definition) is 0. The maximum atomic E-state index is 5.58. The van der Waals surface area contributed by atoms with E-state index in [0.29, 0.717) is 6.61 Å². The normalized spacial score (nSPS) is 12.4. The van der Waals surface area contributed by atoms with Crippen LogP contribution in [-0.2, 0) is 10.5 Å². The van der Waals surface area contributed by atoms with Crippen LogP contribution in [0.5, 0.6) is 0 Å². The highest BCUT2D eigenvalue weighted by Crippen LogP contribution is 2.26. The van der Waals surface area contributed by atoms with Crippen molar-refractivity contribution >= 4 is 23.1 Å². The Morgan fingerprint density at radius 3 is 2.91 bits per heavy atom. The van der Waals surface area contributed by atoms with Crippen molar-refractivity contribution < 1.29 is 4.74 Å². The molecule has 1 atom stereocenters. The maximum Gasteiger partial charge on any atom is 0.195 e. The summed E-state index contributed by atoms with van der Waals surface area (Å²) in [5.74, 6) is 0.765. The largest absolute Gasteiger partial charge is 0.372 e. The quantitative estimate of drug-likeness (QED) is 0.603. The van der Waals surface area contributed by atoms with Crippen LogP contribution >= 0.6 is 23.1 Å². The van der Waals surface area contributed by atoms with Crippen LogP contribution in [0.1, 0.15) is 30.7 Å². The molecule has 0 aliphatic carbocycles. The lowest BCUT2D eigenvalue weighted by atomic mass is 10.3. The van der Waals surface area contributed by atoms with E-state index in [0.717, 1.165) is 27.3 Å². The highest BCUT2D eigenvalue weighted by molar-refractivity contribution is 7.98. The number of thioether (sulfide) groups is 1. The van der Waals surface area contributed by atoms with E-state index in [4.69, 9.17) is 4.74 Å². The van der Waals surface area contributed by atoms with Crippen LogP contribution in [0, 0.1) is 0 Å². The van der Waals surface area contributed by atoms with Crippen LogP contribution in [0.15, 0.2) is 47.2 Å². The van der Waals surface area contributed by atoms with Crippen molar-refractivity contribution in [2.24, 2.45) is 0 Å². The average Bonchev–Trinajstić information content (AvgIpc) is 3.23. The molecule has 1 aromatic carbocycles. The van der Waals surface area contributed by atoms with Crippen LogP contribution in [0.3, 0.4) is 0 Å². The SMILES string of the molecule is CCO[C@@H](C)c1nc(CSc2nncn2-c2ccccc2)cs1. The summed E-state index contributed by atoms with van der Waals surface area (Å²) >= 11 is 3.28. The minimum Gasteiger partial charge on any atom is -0.372 e. The zero-order valence-corrected chi connectivity index (χ0v) is 14.7. The lowest BCUT2D eigenvalue weighted by molar-refractivity contribution is 0.0761. The van der Waals surface area contributed by atoms with Crippen molar-refractivity contribution in [2.45, 2.75) is 30.9 Å². The smallest absolute Gasteiger partial charge is 0.195 e. The van der Waals surface area contributed by atoms with Gasteiger partial charge in [-0.25, -0.2) is 4.98 Å². The fourth-order valence-electron chi connectivity index (χ4n) is 2.12. The molecular weight excluding hydrogens is 328 g/mol. The first-order valence-corrected chi connectivity index (χ1v) is 9.28. The molecule has 3 rings (SSSR count). The highest BCUT2D eigenvalue weighted by atomic mass is 32.2. The minimum absolute atomic E-state index is 0.0525. The van der Waals surface area contributed by atoms with E-state index < -0.39 is 0 Å². The summed E-state index contributed by atoms with van der Waals surface area (Å²) in [7, 11) is 0. The van der Waals surface area contributed by atoms with Gasteiger partial charge in [-0.05, 0) is 26.0 Å². The molecule has 3 aromatic rings. The number of hydrogen-bond acceptors (Lipinski definition) is 6. The molecule has 0 bridgehead atoms. The second-order valence-electron chi connectivity index (χ2n) is 4.88. The third-order valence-electron chi connectivity index (χ3n) is 3.23. The fraction of sp³-hybridized carbons (Fsp3) is 0.312. The molecule has 0 saturated carbocycles. The predicted octanol–water partition coefficient (Wildman–Crippen LogP) is 4.11. The molecule has 0 unspecified atom stereocenters. The zero-order chi connectivity index (χ0) is 16.1. The average molecular weight is 346 g/mol. The van der Waals surface area contributed by atoms with Crippen LogP contribution in [-0.4, -0.2) is 26.4 Å². The Morgan fingerprint density at radius 2 is 2.13 bits per heavy atom. The predicted molar refractivity (Wildman–Crippen MR) is 93.1 cm³/mol. The van der Waals surface area contributed by atoms with Crippen LogP contribution < -0.4 is 0 Å². The summed E-state index contributed by atoms with van der Waals surface area (Å²) in [4.78, 5) is 4.65. The molecule has 2 heterocycles. The third-order valence-corrected chi connectivity index (χ3v) is 5.27. The summed E-state index contributed by atoms with van der Waals surface area (Å²) < 4.78 is 7.57. The van der Waals surface area contributed by atoms with Gasteiger partial charge in [0.1, 0.15) is 17.4 Å². The van der Waals surface area contributed by atoms with Crippen molar-refractivity contribution in [3.8, 4) is 5.69 Å². The second kappa shape index (κ2) is 7.72. The Labute approximate surface area is 143 Å². The summed E-state index contributed by atoms with van der Waals surface area (Å²) in [5.41, 5.74) is 2.10. The Hall–Kier alpha value is -1.70. The molecule has 5 nitrogen and oxygen atoms in total. The van der Waals surface area contributed by atoms with Crippen molar-refractivity contribution in [2.75, 3.05) is 6.61 Å². The molecular formula is C16H18N4OS2. The molecule has 0 radical (unpaired) electrons. The molecule has 23 heavy (non-hydrogen) atoms. The highest BCUT2D eigenvalue weighted by Gasteiger charge is 2.12. The van der Waals surface area contributed by atoms with E-state index in [1.807, 2.05) is 48.7 Å². The molecule has 0 aliphatic heterocycles. The number of rotatable bonds is 7. The molecule has 2 aromatic heterocycles. The maximum absolute atomic E-state index is 5.58. The molecule has 0 aliphatic rings. The van der Waals surface area contributed by atoms with Gasteiger partial charge in [0.2, 0.25) is 0 Å². The van der Waals surface area contributed by atoms with E-state index in [1.54, 1.807) is 29.4 Å². The summed E-state index contributed by atoms with van der Waals surface area (Å²) in [6.07, 6.45) is 1.79. The summed E-state index contributed by atoms with van der Waals surface area (Å²) in [5, 5.41) is 12.2. The van der Waals surface area contributed by atoms with Gasteiger partial charge in [0.15, 0.2) is 5.16 Å². The number of benzene rings is 1. The monoisotopic (exact) mass is 346 g/mol. The van der Waals surface area contributed by atoms with Crippen LogP contribution in [0.25, 0.3) is 5.69 Å². The van der Waals surface area contributed by atoms with E-state index in [9.17, 15) is 0 Å². The standard InChI is InChI=1S/C16H18N4OS2/c1-3-21-12(2)15-18-13(9-22-15)10-23-16-19-17-11-20(16)14-7-5-4-6-8-14/h4-9,11-12H,3,10H2,1-2H3/t12-/m0/s1. The van der Waals surface area contributed by atoms with E-state index >= 15 is 0 Å². The van der Waals surface area contributed by atoms with E-state index in [-0.39, 0.29) is 6.10 Å². The lowest BCUT2D eigenvalue weighted by Crippen LogP contribution is -1.99. The third kappa shape index (κ3) is 3.99. The minimum atomic E-state index is 0.0525. The van der Waals surface area contributed by atoms with Crippen LogP contribution in [0.4, 0.5) is 0 Å². The molecule has 7 heteroatoms.